The lowest BCUT2D eigenvalue weighted by Gasteiger charge is -2.01. The first-order chi connectivity index (χ1) is 5.77. The van der Waals surface area contributed by atoms with Crippen LogP contribution in [0.5, 0.6) is 5.75 Å². The number of hydrogen-bond acceptors (Lipinski definition) is 5. The van der Waals surface area contributed by atoms with Crippen LogP contribution in [-0.4, -0.2) is 18.0 Å². The van der Waals surface area contributed by atoms with Gasteiger partial charge >= 0.3 is 0 Å². The van der Waals surface area contributed by atoms with Gasteiger partial charge in [-0.2, -0.15) is 5.90 Å². The molecule has 0 amide bonds. The average Bonchev–Trinajstić information content (AvgIpc) is 2.17. The van der Waals surface area contributed by atoms with E-state index in [-0.39, 0.29) is 5.90 Å². The van der Waals surface area contributed by atoms with E-state index in [0.29, 0.717) is 11.4 Å². The first-order valence-electron chi connectivity index (χ1n) is 3.23. The van der Waals surface area contributed by atoms with E-state index in [2.05, 4.69) is 9.82 Å². The molecule has 5 nitrogen and oxygen atoms in total. The molecule has 0 radical (unpaired) electrons. The van der Waals surface area contributed by atoms with Crippen LogP contribution in [0.4, 0.5) is 0 Å². The van der Waals surface area contributed by atoms with Crippen LogP contribution in [-0.2, 0) is 4.84 Å². The predicted octanol–water partition coefficient (Wildman–Crippen LogP) is 0.306. The third-order valence-corrected chi connectivity index (χ3v) is 1.32. The first kappa shape index (κ1) is 8.48. The van der Waals surface area contributed by atoms with Gasteiger partial charge in [-0.3, -0.25) is 5.41 Å². The molecular weight excluding hydrogens is 158 g/mol. The molecule has 0 aliphatic heterocycles. The zero-order valence-corrected chi connectivity index (χ0v) is 6.57. The summed E-state index contributed by atoms with van der Waals surface area (Å²) in [6.07, 6.45) is 1.49. The number of rotatable bonds is 2. The molecule has 0 aromatic carbocycles. The minimum atomic E-state index is -0.169. The Kier molecular flexibility index (Phi) is 2.60. The Balaban J connectivity index is 2.84. The van der Waals surface area contributed by atoms with Crippen molar-refractivity contribution in [2.75, 3.05) is 7.11 Å². The van der Waals surface area contributed by atoms with Gasteiger partial charge in [-0.15, -0.1) is 0 Å². The molecule has 0 unspecified atom stereocenters. The van der Waals surface area contributed by atoms with Gasteiger partial charge in [-0.05, 0) is 12.1 Å². The Labute approximate surface area is 69.6 Å². The molecule has 0 aliphatic carbocycles. The Morgan fingerprint density at radius 2 is 2.33 bits per heavy atom. The van der Waals surface area contributed by atoms with Crippen molar-refractivity contribution in [3.63, 3.8) is 0 Å². The van der Waals surface area contributed by atoms with E-state index in [1.165, 1.54) is 6.20 Å². The molecule has 5 heteroatoms. The van der Waals surface area contributed by atoms with E-state index in [4.69, 9.17) is 16.0 Å². The lowest BCUT2D eigenvalue weighted by atomic mass is 10.3. The van der Waals surface area contributed by atoms with Gasteiger partial charge in [-0.1, -0.05) is 0 Å². The summed E-state index contributed by atoms with van der Waals surface area (Å²) in [5.74, 6) is 5.24. The van der Waals surface area contributed by atoms with Crippen molar-refractivity contribution in [3.05, 3.63) is 24.0 Å². The molecule has 0 fully saturated rings. The fourth-order valence-electron chi connectivity index (χ4n) is 0.696. The third-order valence-electron chi connectivity index (χ3n) is 1.32. The first-order valence-corrected chi connectivity index (χ1v) is 3.23. The van der Waals surface area contributed by atoms with Crippen LogP contribution >= 0.6 is 0 Å². The number of nitrogens with one attached hydrogen (secondary N) is 1. The number of aromatic nitrogens is 1. The van der Waals surface area contributed by atoms with E-state index < -0.39 is 0 Å². The molecule has 1 rings (SSSR count). The summed E-state index contributed by atoms with van der Waals surface area (Å²) in [6.45, 7) is 0. The van der Waals surface area contributed by atoms with Crippen molar-refractivity contribution >= 4 is 5.90 Å². The van der Waals surface area contributed by atoms with Crippen molar-refractivity contribution in [3.8, 4) is 5.75 Å². The second-order valence-corrected chi connectivity index (χ2v) is 2.03. The van der Waals surface area contributed by atoms with Crippen molar-refractivity contribution in [1.82, 2.24) is 4.98 Å². The highest BCUT2D eigenvalue weighted by Crippen LogP contribution is 2.07. The van der Waals surface area contributed by atoms with Crippen LogP contribution in [0.3, 0.4) is 0 Å². The van der Waals surface area contributed by atoms with E-state index in [0.717, 1.165) is 0 Å². The highest BCUT2D eigenvalue weighted by molar-refractivity contribution is 5.89. The lowest BCUT2D eigenvalue weighted by molar-refractivity contribution is 0.318. The van der Waals surface area contributed by atoms with Gasteiger partial charge < -0.3 is 9.57 Å². The van der Waals surface area contributed by atoms with Crippen LogP contribution in [0.2, 0.25) is 0 Å². The molecule has 1 aromatic rings. The van der Waals surface area contributed by atoms with E-state index in [9.17, 15) is 0 Å². The molecular formula is C7H9N3O2. The number of hydrogen-bond donors (Lipinski definition) is 2. The van der Waals surface area contributed by atoms with Crippen molar-refractivity contribution < 1.29 is 9.57 Å². The van der Waals surface area contributed by atoms with Gasteiger partial charge in [0.2, 0.25) is 0 Å². The second-order valence-electron chi connectivity index (χ2n) is 2.03. The average molecular weight is 167 g/mol. The Hall–Kier alpha value is -1.62. The van der Waals surface area contributed by atoms with Crippen molar-refractivity contribution in [1.29, 1.82) is 5.41 Å². The normalized spacial score (nSPS) is 9.17. The zero-order chi connectivity index (χ0) is 8.97. The standard InChI is InChI=1S/C7H9N3O2/c1-11-5-2-3-6(10-4-5)7(8)12-9/h2-4,8H,9H2,1H3. The molecule has 12 heavy (non-hydrogen) atoms. The lowest BCUT2D eigenvalue weighted by Crippen LogP contribution is -2.11. The van der Waals surface area contributed by atoms with Crippen LogP contribution in [0, 0.1) is 5.41 Å². The molecule has 0 atom stereocenters. The number of ether oxygens (including phenoxy) is 1. The summed E-state index contributed by atoms with van der Waals surface area (Å²) in [5, 5.41) is 7.16. The highest BCUT2D eigenvalue weighted by atomic mass is 16.6. The smallest absolute Gasteiger partial charge is 0.256 e. The topological polar surface area (TPSA) is 81.2 Å². The zero-order valence-electron chi connectivity index (χ0n) is 6.57. The summed E-state index contributed by atoms with van der Waals surface area (Å²) >= 11 is 0. The Morgan fingerprint density at radius 1 is 1.58 bits per heavy atom. The summed E-state index contributed by atoms with van der Waals surface area (Å²) in [7, 11) is 1.54. The SMILES string of the molecule is COc1ccc(C(=N)ON)nc1. The fourth-order valence-corrected chi connectivity index (χ4v) is 0.696. The number of nitrogens with two attached hydrogens (primary N) is 1. The van der Waals surface area contributed by atoms with Gasteiger partial charge in [0.25, 0.3) is 5.90 Å². The molecule has 3 N–H and O–H groups in total. The monoisotopic (exact) mass is 167 g/mol. The van der Waals surface area contributed by atoms with Crippen molar-refractivity contribution in [2.24, 2.45) is 5.90 Å². The number of methoxy groups -OCH3 is 1. The van der Waals surface area contributed by atoms with Crippen LogP contribution < -0.4 is 10.6 Å². The number of pyridine rings is 1. The highest BCUT2D eigenvalue weighted by Gasteiger charge is 2.02. The molecule has 0 aliphatic rings. The van der Waals surface area contributed by atoms with E-state index in [1.54, 1.807) is 19.2 Å². The maximum atomic E-state index is 7.16. The Bertz CT molecular complexity index is 270. The largest absolute Gasteiger partial charge is 0.495 e. The summed E-state index contributed by atoms with van der Waals surface area (Å²) < 4.78 is 4.88. The molecule has 0 bridgehead atoms. The van der Waals surface area contributed by atoms with E-state index in [1.807, 2.05) is 0 Å². The minimum Gasteiger partial charge on any atom is -0.495 e. The maximum Gasteiger partial charge on any atom is 0.256 e. The predicted molar refractivity (Wildman–Crippen MR) is 42.9 cm³/mol. The van der Waals surface area contributed by atoms with Crippen LogP contribution in [0.25, 0.3) is 0 Å². The van der Waals surface area contributed by atoms with Gasteiger partial charge in [0.1, 0.15) is 11.4 Å². The fraction of sp³-hybridized carbons (Fsp3) is 0.143. The molecule has 0 spiro atoms. The molecule has 1 aromatic heterocycles. The van der Waals surface area contributed by atoms with Gasteiger partial charge in [0, 0.05) is 0 Å². The Morgan fingerprint density at radius 3 is 2.75 bits per heavy atom. The van der Waals surface area contributed by atoms with Crippen LogP contribution in [0.1, 0.15) is 5.69 Å². The molecule has 0 saturated heterocycles. The maximum absolute atomic E-state index is 7.16. The van der Waals surface area contributed by atoms with E-state index >= 15 is 0 Å². The third kappa shape index (κ3) is 1.70. The number of nitrogens with zero attached hydrogens (tertiary/aromatic N) is 1. The quantitative estimate of drug-likeness (QED) is 0.377. The summed E-state index contributed by atoms with van der Waals surface area (Å²) in [5.41, 5.74) is 0.373. The van der Waals surface area contributed by atoms with Gasteiger partial charge in [0.05, 0.1) is 13.3 Å². The van der Waals surface area contributed by atoms with Gasteiger partial charge in [-0.25, -0.2) is 4.98 Å². The van der Waals surface area contributed by atoms with Crippen molar-refractivity contribution in [2.45, 2.75) is 0 Å². The van der Waals surface area contributed by atoms with Crippen LogP contribution in [0.15, 0.2) is 18.3 Å². The second kappa shape index (κ2) is 3.68. The summed E-state index contributed by atoms with van der Waals surface area (Å²) in [6, 6.07) is 3.27. The molecule has 64 valence electrons. The minimum absolute atomic E-state index is 0.169. The van der Waals surface area contributed by atoms with Gasteiger partial charge in [0.15, 0.2) is 0 Å². The summed E-state index contributed by atoms with van der Waals surface area (Å²) in [4.78, 5) is 8.06. The molecule has 1 heterocycles. The molecule has 0 saturated carbocycles.